The minimum Gasteiger partial charge on any atom is -0.349 e. The van der Waals surface area contributed by atoms with Crippen LogP contribution >= 0.6 is 27.3 Å². The predicted octanol–water partition coefficient (Wildman–Crippen LogP) is 3.55. The number of carbonyl (C=O) groups is 2. The summed E-state index contributed by atoms with van der Waals surface area (Å²) in [6.07, 6.45) is 1.58. The minimum absolute atomic E-state index is 0.0608. The fourth-order valence-electron chi connectivity index (χ4n) is 2.68. The predicted molar refractivity (Wildman–Crippen MR) is 94.9 cm³/mol. The number of nitrogens with one attached hydrogen (secondary N) is 1. The number of rotatable bonds is 3. The maximum absolute atomic E-state index is 12.3. The van der Waals surface area contributed by atoms with Crippen LogP contribution in [0.5, 0.6) is 0 Å². The maximum atomic E-state index is 12.3. The second-order valence-corrected chi connectivity index (χ2v) is 7.39. The number of halogens is 1. The van der Waals surface area contributed by atoms with Crippen molar-refractivity contribution in [2.24, 2.45) is 0 Å². The van der Waals surface area contributed by atoms with Crippen LogP contribution in [0, 0.1) is 0 Å². The molecule has 6 heteroatoms. The summed E-state index contributed by atoms with van der Waals surface area (Å²) >= 11 is 4.84. The van der Waals surface area contributed by atoms with Gasteiger partial charge in [0, 0.05) is 29.2 Å². The third kappa shape index (κ3) is 4.00. The monoisotopic (exact) mass is 392 g/mol. The number of carbonyl (C=O) groups excluding carboxylic acids is 2. The minimum atomic E-state index is -0.0608. The number of hydrogen-bond donors (Lipinski definition) is 1. The zero-order valence-corrected chi connectivity index (χ0v) is 14.9. The Hall–Kier alpha value is -1.66. The van der Waals surface area contributed by atoms with Gasteiger partial charge in [-0.05, 0) is 42.5 Å². The Labute approximate surface area is 147 Å². The van der Waals surface area contributed by atoms with E-state index < -0.39 is 0 Å². The molecule has 4 nitrogen and oxygen atoms in total. The first-order chi connectivity index (χ1) is 11.1. The summed E-state index contributed by atoms with van der Waals surface area (Å²) in [6.45, 7) is 1.36. The summed E-state index contributed by atoms with van der Waals surface area (Å²) in [5.74, 6) is 0.0334. The van der Waals surface area contributed by atoms with Gasteiger partial charge in [0.05, 0.1) is 4.88 Å². The normalized spacial score (nSPS) is 15.4. The van der Waals surface area contributed by atoms with E-state index in [1.165, 1.54) is 11.3 Å². The fraction of sp³-hybridized carbons (Fsp3) is 0.294. The first-order valence-electron chi connectivity index (χ1n) is 7.52. The third-order valence-electron chi connectivity index (χ3n) is 3.94. The van der Waals surface area contributed by atoms with Crippen molar-refractivity contribution in [3.63, 3.8) is 0 Å². The van der Waals surface area contributed by atoms with Gasteiger partial charge in [0.2, 0.25) is 0 Å². The lowest BCUT2D eigenvalue weighted by Crippen LogP contribution is -2.46. The van der Waals surface area contributed by atoms with Gasteiger partial charge < -0.3 is 10.2 Å². The Kier molecular flexibility index (Phi) is 5.13. The Morgan fingerprint density at radius 1 is 1.17 bits per heavy atom. The van der Waals surface area contributed by atoms with Gasteiger partial charge in [-0.25, -0.2) is 0 Å². The van der Waals surface area contributed by atoms with Crippen molar-refractivity contribution in [3.8, 4) is 0 Å². The van der Waals surface area contributed by atoms with E-state index in [-0.39, 0.29) is 17.9 Å². The van der Waals surface area contributed by atoms with Crippen molar-refractivity contribution in [1.29, 1.82) is 0 Å². The molecule has 2 aromatic rings. The number of likely N-dealkylation sites (tertiary alicyclic amines) is 1. The molecule has 1 saturated heterocycles. The standard InChI is InChI=1S/C17H17BrN2O2S/c18-13-4-1-3-12(11-13)16(21)19-14-6-8-20(9-7-14)17(22)15-5-2-10-23-15/h1-5,10-11,14H,6-9H2,(H,19,21). The molecule has 1 aliphatic rings. The van der Waals surface area contributed by atoms with Crippen LogP contribution in [0.3, 0.4) is 0 Å². The van der Waals surface area contributed by atoms with Gasteiger partial charge in [0.1, 0.15) is 0 Å². The Morgan fingerprint density at radius 2 is 1.96 bits per heavy atom. The second kappa shape index (κ2) is 7.27. The molecule has 23 heavy (non-hydrogen) atoms. The van der Waals surface area contributed by atoms with E-state index in [0.717, 1.165) is 22.2 Å². The number of amides is 2. The maximum Gasteiger partial charge on any atom is 0.263 e. The van der Waals surface area contributed by atoms with E-state index in [1.54, 1.807) is 6.07 Å². The van der Waals surface area contributed by atoms with Gasteiger partial charge in [-0.3, -0.25) is 9.59 Å². The molecule has 2 amide bonds. The summed E-state index contributed by atoms with van der Waals surface area (Å²) < 4.78 is 0.890. The Balaban J connectivity index is 1.53. The zero-order valence-electron chi connectivity index (χ0n) is 12.5. The molecular weight excluding hydrogens is 376 g/mol. The molecule has 1 aliphatic heterocycles. The number of thiophene rings is 1. The molecule has 0 atom stereocenters. The lowest BCUT2D eigenvalue weighted by molar-refractivity contribution is 0.0703. The molecule has 0 spiro atoms. The van der Waals surface area contributed by atoms with E-state index in [4.69, 9.17) is 0 Å². The summed E-state index contributed by atoms with van der Waals surface area (Å²) in [7, 11) is 0. The van der Waals surface area contributed by atoms with E-state index in [2.05, 4.69) is 21.2 Å². The molecule has 1 aromatic carbocycles. The summed E-state index contributed by atoms with van der Waals surface area (Å²) in [4.78, 5) is 27.2. The molecular formula is C17H17BrN2O2S. The van der Waals surface area contributed by atoms with Crippen LogP contribution in [0.25, 0.3) is 0 Å². The SMILES string of the molecule is O=C(NC1CCN(C(=O)c2cccs2)CC1)c1cccc(Br)c1. The fourth-order valence-corrected chi connectivity index (χ4v) is 3.77. The van der Waals surface area contributed by atoms with Crippen molar-refractivity contribution >= 4 is 39.1 Å². The number of hydrogen-bond acceptors (Lipinski definition) is 3. The van der Waals surface area contributed by atoms with E-state index in [0.29, 0.717) is 18.7 Å². The average Bonchev–Trinajstić information content (AvgIpc) is 3.09. The molecule has 0 aliphatic carbocycles. The molecule has 0 saturated carbocycles. The van der Waals surface area contributed by atoms with E-state index in [9.17, 15) is 9.59 Å². The molecule has 120 valence electrons. The van der Waals surface area contributed by atoms with Gasteiger partial charge in [-0.15, -0.1) is 11.3 Å². The van der Waals surface area contributed by atoms with Crippen LogP contribution in [-0.4, -0.2) is 35.8 Å². The van der Waals surface area contributed by atoms with Crippen molar-refractivity contribution in [2.75, 3.05) is 13.1 Å². The van der Waals surface area contributed by atoms with Crippen LogP contribution < -0.4 is 5.32 Å². The van der Waals surface area contributed by atoms with Gasteiger partial charge in [0.15, 0.2) is 0 Å². The van der Waals surface area contributed by atoms with Gasteiger partial charge >= 0.3 is 0 Å². The molecule has 0 unspecified atom stereocenters. The zero-order chi connectivity index (χ0) is 16.2. The molecule has 1 N–H and O–H groups in total. The largest absolute Gasteiger partial charge is 0.349 e. The molecule has 1 aromatic heterocycles. The van der Waals surface area contributed by atoms with Crippen LogP contribution in [0.15, 0.2) is 46.3 Å². The van der Waals surface area contributed by atoms with Crippen molar-refractivity contribution in [3.05, 3.63) is 56.7 Å². The van der Waals surface area contributed by atoms with Gasteiger partial charge in [-0.2, -0.15) is 0 Å². The highest BCUT2D eigenvalue weighted by Gasteiger charge is 2.25. The summed E-state index contributed by atoms with van der Waals surface area (Å²) in [6, 6.07) is 11.2. The smallest absolute Gasteiger partial charge is 0.263 e. The van der Waals surface area contributed by atoms with Crippen molar-refractivity contribution < 1.29 is 9.59 Å². The van der Waals surface area contributed by atoms with Crippen molar-refractivity contribution in [2.45, 2.75) is 18.9 Å². The first-order valence-corrected chi connectivity index (χ1v) is 9.20. The number of nitrogens with zero attached hydrogens (tertiary/aromatic N) is 1. The molecule has 2 heterocycles. The highest BCUT2D eigenvalue weighted by molar-refractivity contribution is 9.10. The molecule has 1 fully saturated rings. The number of piperidine rings is 1. The molecule has 0 bridgehead atoms. The highest BCUT2D eigenvalue weighted by atomic mass is 79.9. The summed E-state index contributed by atoms with van der Waals surface area (Å²) in [5.41, 5.74) is 0.650. The molecule has 0 radical (unpaired) electrons. The van der Waals surface area contributed by atoms with E-state index in [1.807, 2.05) is 40.6 Å². The van der Waals surface area contributed by atoms with Gasteiger partial charge in [0.25, 0.3) is 11.8 Å². The van der Waals surface area contributed by atoms with Crippen molar-refractivity contribution in [1.82, 2.24) is 10.2 Å². The Morgan fingerprint density at radius 3 is 2.61 bits per heavy atom. The highest BCUT2D eigenvalue weighted by Crippen LogP contribution is 2.18. The second-order valence-electron chi connectivity index (χ2n) is 5.53. The van der Waals surface area contributed by atoms with E-state index >= 15 is 0 Å². The Bertz CT molecular complexity index is 694. The van der Waals surface area contributed by atoms with Crippen LogP contribution in [0.4, 0.5) is 0 Å². The topological polar surface area (TPSA) is 49.4 Å². The van der Waals surface area contributed by atoms with Crippen LogP contribution in [-0.2, 0) is 0 Å². The third-order valence-corrected chi connectivity index (χ3v) is 5.29. The quantitative estimate of drug-likeness (QED) is 0.867. The molecule has 3 rings (SSSR count). The lowest BCUT2D eigenvalue weighted by Gasteiger charge is -2.32. The first kappa shape index (κ1) is 16.2. The van der Waals surface area contributed by atoms with Gasteiger partial charge in [-0.1, -0.05) is 28.1 Å². The van der Waals surface area contributed by atoms with Crippen LogP contribution in [0.1, 0.15) is 32.9 Å². The van der Waals surface area contributed by atoms with Crippen LogP contribution in [0.2, 0.25) is 0 Å². The number of benzene rings is 1. The average molecular weight is 393 g/mol. The summed E-state index contributed by atoms with van der Waals surface area (Å²) in [5, 5.41) is 4.98. The lowest BCUT2D eigenvalue weighted by atomic mass is 10.0.